The summed E-state index contributed by atoms with van der Waals surface area (Å²) in [6.07, 6.45) is 0. The van der Waals surface area contributed by atoms with Gasteiger partial charge in [0, 0.05) is 0 Å². The van der Waals surface area contributed by atoms with Gasteiger partial charge in [-0.2, -0.15) is 0 Å². The van der Waals surface area contributed by atoms with E-state index in [1.54, 1.807) is 0 Å². The van der Waals surface area contributed by atoms with Crippen molar-refractivity contribution < 1.29 is 4.79 Å². The van der Waals surface area contributed by atoms with Crippen molar-refractivity contribution in [2.45, 2.75) is 32.7 Å². The fourth-order valence-corrected chi connectivity index (χ4v) is 2.56. The van der Waals surface area contributed by atoms with Crippen LogP contribution in [0.15, 0.2) is 41.8 Å². The first-order valence-corrected chi connectivity index (χ1v) is 7.40. The van der Waals surface area contributed by atoms with E-state index >= 15 is 0 Å². The standard InChI is InChI=1S/C16H19NOS/c1-11(2)13-6-8-14(9-7-13)12(3)17-16(18)15-5-4-10-19-15/h4-12H,1-3H3,(H,17,18). The zero-order chi connectivity index (χ0) is 13.8. The molecule has 0 aliphatic carbocycles. The molecule has 2 nitrogen and oxygen atoms in total. The second-order valence-electron chi connectivity index (χ2n) is 4.99. The monoisotopic (exact) mass is 273 g/mol. The number of thiophene rings is 1. The number of carbonyl (C=O) groups excluding carboxylic acids is 1. The van der Waals surface area contributed by atoms with Gasteiger partial charge in [-0.15, -0.1) is 11.3 Å². The van der Waals surface area contributed by atoms with E-state index in [1.807, 2.05) is 24.4 Å². The third-order valence-corrected chi connectivity index (χ3v) is 4.06. The first-order valence-electron chi connectivity index (χ1n) is 6.52. The highest BCUT2D eigenvalue weighted by molar-refractivity contribution is 7.12. The van der Waals surface area contributed by atoms with Crippen molar-refractivity contribution in [1.82, 2.24) is 5.32 Å². The second-order valence-corrected chi connectivity index (χ2v) is 5.94. The normalized spacial score (nSPS) is 12.4. The van der Waals surface area contributed by atoms with Gasteiger partial charge >= 0.3 is 0 Å². The van der Waals surface area contributed by atoms with Gasteiger partial charge in [-0.25, -0.2) is 0 Å². The number of amides is 1. The van der Waals surface area contributed by atoms with Gasteiger partial charge in [-0.3, -0.25) is 4.79 Å². The Morgan fingerprint density at radius 2 is 1.68 bits per heavy atom. The minimum atomic E-state index is -0.00423. The maximum Gasteiger partial charge on any atom is 0.261 e. The van der Waals surface area contributed by atoms with Crippen LogP contribution in [-0.4, -0.2) is 5.91 Å². The third-order valence-electron chi connectivity index (χ3n) is 3.20. The summed E-state index contributed by atoms with van der Waals surface area (Å²) in [6.45, 7) is 6.36. The Morgan fingerprint density at radius 1 is 1.05 bits per heavy atom. The average molecular weight is 273 g/mol. The summed E-state index contributed by atoms with van der Waals surface area (Å²) < 4.78 is 0. The van der Waals surface area contributed by atoms with E-state index in [9.17, 15) is 4.79 Å². The Bertz CT molecular complexity index is 528. The molecule has 100 valence electrons. The predicted octanol–water partition coefficient (Wildman–Crippen LogP) is 4.36. The summed E-state index contributed by atoms with van der Waals surface area (Å²) >= 11 is 1.46. The summed E-state index contributed by atoms with van der Waals surface area (Å²) in [6, 6.07) is 12.2. The molecule has 0 saturated heterocycles. The molecule has 1 aromatic heterocycles. The van der Waals surface area contributed by atoms with Gasteiger partial charge < -0.3 is 5.32 Å². The molecule has 1 amide bonds. The largest absolute Gasteiger partial charge is 0.345 e. The summed E-state index contributed by atoms with van der Waals surface area (Å²) in [7, 11) is 0. The molecule has 3 heteroatoms. The average Bonchev–Trinajstić information content (AvgIpc) is 2.92. The number of hydrogen-bond donors (Lipinski definition) is 1. The first-order chi connectivity index (χ1) is 9.08. The number of benzene rings is 1. The van der Waals surface area contributed by atoms with Crippen LogP contribution in [0, 0.1) is 0 Å². The summed E-state index contributed by atoms with van der Waals surface area (Å²) in [5.74, 6) is 0.528. The zero-order valence-electron chi connectivity index (χ0n) is 11.5. The molecule has 1 N–H and O–H groups in total. The topological polar surface area (TPSA) is 29.1 Å². The Morgan fingerprint density at radius 3 is 2.21 bits per heavy atom. The van der Waals surface area contributed by atoms with Crippen molar-refractivity contribution in [3.8, 4) is 0 Å². The fraction of sp³-hybridized carbons (Fsp3) is 0.312. The number of carbonyl (C=O) groups is 1. The lowest BCUT2D eigenvalue weighted by molar-refractivity contribution is 0.0944. The Hall–Kier alpha value is -1.61. The number of nitrogens with one attached hydrogen (secondary N) is 1. The van der Waals surface area contributed by atoms with Gasteiger partial charge in [0.25, 0.3) is 5.91 Å². The van der Waals surface area contributed by atoms with Crippen LogP contribution in [0.5, 0.6) is 0 Å². The third kappa shape index (κ3) is 3.44. The molecule has 2 aromatic rings. The van der Waals surface area contributed by atoms with Crippen molar-refractivity contribution in [1.29, 1.82) is 0 Å². The maximum absolute atomic E-state index is 12.0. The highest BCUT2D eigenvalue weighted by Crippen LogP contribution is 2.19. The minimum Gasteiger partial charge on any atom is -0.345 e. The van der Waals surface area contributed by atoms with E-state index in [0.29, 0.717) is 5.92 Å². The zero-order valence-corrected chi connectivity index (χ0v) is 12.3. The summed E-state index contributed by atoms with van der Waals surface area (Å²) in [5.41, 5.74) is 2.45. The molecular formula is C16H19NOS. The Balaban J connectivity index is 2.03. The van der Waals surface area contributed by atoms with Gasteiger partial charge in [0.1, 0.15) is 0 Å². The van der Waals surface area contributed by atoms with Crippen LogP contribution >= 0.6 is 11.3 Å². The maximum atomic E-state index is 12.0. The van der Waals surface area contributed by atoms with Crippen molar-refractivity contribution >= 4 is 17.2 Å². The van der Waals surface area contributed by atoms with Gasteiger partial charge in [-0.1, -0.05) is 44.2 Å². The number of rotatable bonds is 4. The van der Waals surface area contributed by atoms with E-state index < -0.39 is 0 Å². The molecule has 0 aliphatic rings. The summed E-state index contributed by atoms with van der Waals surface area (Å²) in [5, 5.41) is 4.93. The second kappa shape index (κ2) is 6.02. The smallest absolute Gasteiger partial charge is 0.261 e. The molecule has 1 aromatic carbocycles. The van der Waals surface area contributed by atoms with E-state index in [0.717, 1.165) is 10.4 Å². The van der Waals surface area contributed by atoms with Crippen LogP contribution < -0.4 is 5.32 Å². The van der Waals surface area contributed by atoms with E-state index in [-0.39, 0.29) is 11.9 Å². The lowest BCUT2D eigenvalue weighted by atomic mass is 9.99. The molecule has 19 heavy (non-hydrogen) atoms. The molecule has 0 bridgehead atoms. The molecule has 0 radical (unpaired) electrons. The van der Waals surface area contributed by atoms with Crippen molar-refractivity contribution in [3.63, 3.8) is 0 Å². The minimum absolute atomic E-state index is 0.00423. The van der Waals surface area contributed by atoms with Gasteiger partial charge in [0.05, 0.1) is 10.9 Å². The highest BCUT2D eigenvalue weighted by Gasteiger charge is 2.12. The SMILES string of the molecule is CC(C)c1ccc(C(C)NC(=O)c2cccs2)cc1. The fourth-order valence-electron chi connectivity index (χ4n) is 1.93. The van der Waals surface area contributed by atoms with Crippen LogP contribution in [0.3, 0.4) is 0 Å². The Labute approximate surface area is 118 Å². The Kier molecular flexibility index (Phi) is 4.38. The van der Waals surface area contributed by atoms with E-state index in [4.69, 9.17) is 0 Å². The molecule has 1 heterocycles. The lowest BCUT2D eigenvalue weighted by Gasteiger charge is -2.15. The molecule has 0 aliphatic heterocycles. The van der Waals surface area contributed by atoms with Crippen molar-refractivity contribution in [3.05, 3.63) is 57.8 Å². The van der Waals surface area contributed by atoms with E-state index in [2.05, 4.69) is 43.4 Å². The first kappa shape index (κ1) is 13.8. The van der Waals surface area contributed by atoms with Crippen LogP contribution in [0.2, 0.25) is 0 Å². The molecule has 0 fully saturated rings. The van der Waals surface area contributed by atoms with Crippen LogP contribution in [0.1, 0.15) is 53.5 Å². The van der Waals surface area contributed by atoms with Crippen molar-refractivity contribution in [2.24, 2.45) is 0 Å². The molecule has 2 rings (SSSR count). The molecule has 0 spiro atoms. The van der Waals surface area contributed by atoms with Crippen molar-refractivity contribution in [2.75, 3.05) is 0 Å². The van der Waals surface area contributed by atoms with Crippen LogP contribution in [0.25, 0.3) is 0 Å². The van der Waals surface area contributed by atoms with Gasteiger partial charge in [-0.05, 0) is 35.4 Å². The van der Waals surface area contributed by atoms with Gasteiger partial charge in [0.15, 0.2) is 0 Å². The molecule has 1 unspecified atom stereocenters. The lowest BCUT2D eigenvalue weighted by Crippen LogP contribution is -2.25. The molecule has 0 saturated carbocycles. The molecule has 1 atom stereocenters. The van der Waals surface area contributed by atoms with Crippen LogP contribution in [-0.2, 0) is 0 Å². The van der Waals surface area contributed by atoms with Crippen LogP contribution in [0.4, 0.5) is 0 Å². The number of hydrogen-bond acceptors (Lipinski definition) is 2. The van der Waals surface area contributed by atoms with Gasteiger partial charge in [0.2, 0.25) is 0 Å². The quantitative estimate of drug-likeness (QED) is 0.881. The predicted molar refractivity (Wildman–Crippen MR) is 80.7 cm³/mol. The highest BCUT2D eigenvalue weighted by atomic mass is 32.1. The molecular weight excluding hydrogens is 254 g/mol. The summed E-state index contributed by atoms with van der Waals surface area (Å²) in [4.78, 5) is 12.7. The van der Waals surface area contributed by atoms with E-state index in [1.165, 1.54) is 16.9 Å².